The molecule has 3 nitrogen and oxygen atoms in total. The second kappa shape index (κ2) is 12.0. The summed E-state index contributed by atoms with van der Waals surface area (Å²) in [5, 5.41) is 0. The second-order valence-electron chi connectivity index (χ2n) is 4.71. The molecule has 0 saturated carbocycles. The van der Waals surface area contributed by atoms with Crippen molar-refractivity contribution in [3.63, 3.8) is 0 Å². The van der Waals surface area contributed by atoms with Gasteiger partial charge in [0, 0.05) is 0 Å². The molecule has 0 aliphatic rings. The van der Waals surface area contributed by atoms with Gasteiger partial charge in [0.25, 0.3) is 10.1 Å². The maximum atomic E-state index is 11.8. The van der Waals surface area contributed by atoms with Crippen LogP contribution in [0, 0.1) is 0 Å². The van der Waals surface area contributed by atoms with Crippen LogP contribution in [-0.2, 0) is 14.3 Å². The standard InChI is InChI=1S/C15H24O3S.Ca.2H/c1-2-3-4-5-6-7-11-14-18-19(16,17)15-12-9-8-10-13-15;;;/h8-10,12-13H,2-7,11,14H2,1H3;;;/q;+2;2*-1. The minimum atomic E-state index is -3.56. The molecule has 0 heterocycles. The molecule has 1 aromatic rings. The van der Waals surface area contributed by atoms with Crippen LogP contribution in [0.15, 0.2) is 35.2 Å². The van der Waals surface area contributed by atoms with Crippen molar-refractivity contribution in [2.24, 2.45) is 0 Å². The fourth-order valence-corrected chi connectivity index (χ4v) is 2.85. The van der Waals surface area contributed by atoms with Gasteiger partial charge < -0.3 is 2.85 Å². The molecule has 0 bridgehead atoms. The third-order valence-electron chi connectivity index (χ3n) is 3.02. The molecule has 0 radical (unpaired) electrons. The number of hydrogen-bond donors (Lipinski definition) is 0. The minimum absolute atomic E-state index is 0. The van der Waals surface area contributed by atoms with E-state index in [1.54, 1.807) is 30.3 Å². The van der Waals surface area contributed by atoms with Gasteiger partial charge in [0.15, 0.2) is 0 Å². The molecule has 0 aromatic heterocycles. The van der Waals surface area contributed by atoms with Crippen LogP contribution in [0.3, 0.4) is 0 Å². The molecule has 0 aliphatic heterocycles. The fraction of sp³-hybridized carbons (Fsp3) is 0.600. The maximum Gasteiger partial charge on any atom is 2.00 e. The van der Waals surface area contributed by atoms with Gasteiger partial charge in [-0.15, -0.1) is 0 Å². The number of rotatable bonds is 10. The molecule has 0 saturated heterocycles. The smallest absolute Gasteiger partial charge is 1.00 e. The molecular weight excluding hydrogens is 300 g/mol. The van der Waals surface area contributed by atoms with E-state index >= 15 is 0 Å². The van der Waals surface area contributed by atoms with Crippen LogP contribution in [0.2, 0.25) is 0 Å². The van der Waals surface area contributed by atoms with Gasteiger partial charge in [-0.25, -0.2) is 0 Å². The van der Waals surface area contributed by atoms with Gasteiger partial charge in [0.2, 0.25) is 0 Å². The average Bonchev–Trinajstić information content (AvgIpc) is 2.43. The quantitative estimate of drug-likeness (QED) is 0.371. The Morgan fingerprint density at radius 3 is 2.10 bits per heavy atom. The van der Waals surface area contributed by atoms with E-state index in [1.807, 2.05) is 0 Å². The average molecular weight is 327 g/mol. The first-order chi connectivity index (χ1) is 9.17. The van der Waals surface area contributed by atoms with Crippen molar-refractivity contribution in [2.75, 3.05) is 6.61 Å². The molecule has 0 spiro atoms. The van der Waals surface area contributed by atoms with Crippen molar-refractivity contribution in [3.05, 3.63) is 30.3 Å². The third-order valence-corrected chi connectivity index (χ3v) is 4.34. The summed E-state index contributed by atoms with van der Waals surface area (Å²) in [6, 6.07) is 8.30. The normalized spacial score (nSPS) is 11.1. The topological polar surface area (TPSA) is 43.4 Å². The summed E-state index contributed by atoms with van der Waals surface area (Å²) in [5.41, 5.74) is 0. The largest absolute Gasteiger partial charge is 2.00 e. The van der Waals surface area contributed by atoms with Crippen LogP contribution in [0.1, 0.15) is 54.7 Å². The zero-order valence-electron chi connectivity index (χ0n) is 14.4. The van der Waals surface area contributed by atoms with E-state index in [0.29, 0.717) is 0 Å². The summed E-state index contributed by atoms with van der Waals surface area (Å²) in [6.07, 6.45) is 8.05. The fourth-order valence-electron chi connectivity index (χ4n) is 1.88. The van der Waals surface area contributed by atoms with Gasteiger partial charge in [0.1, 0.15) is 0 Å². The van der Waals surface area contributed by atoms with Crippen LogP contribution >= 0.6 is 0 Å². The van der Waals surface area contributed by atoms with E-state index in [-0.39, 0.29) is 52.1 Å². The van der Waals surface area contributed by atoms with Gasteiger partial charge in [-0.05, 0) is 18.6 Å². The van der Waals surface area contributed by atoms with Crippen LogP contribution in [0.25, 0.3) is 0 Å². The summed E-state index contributed by atoms with van der Waals surface area (Å²) in [6.45, 7) is 2.48. The summed E-state index contributed by atoms with van der Waals surface area (Å²) in [5.74, 6) is 0. The van der Waals surface area contributed by atoms with Gasteiger partial charge in [0.05, 0.1) is 11.5 Å². The molecule has 0 fully saturated rings. The van der Waals surface area contributed by atoms with E-state index < -0.39 is 10.1 Å². The minimum Gasteiger partial charge on any atom is -1.00 e. The van der Waals surface area contributed by atoms with Crippen molar-refractivity contribution in [2.45, 2.75) is 56.8 Å². The zero-order chi connectivity index (χ0) is 14.0. The molecular formula is C15H26CaO3S. The molecule has 1 rings (SSSR count). The Morgan fingerprint density at radius 2 is 1.50 bits per heavy atom. The third kappa shape index (κ3) is 8.63. The number of unbranched alkanes of at least 4 members (excludes halogenated alkanes) is 6. The van der Waals surface area contributed by atoms with Crippen molar-refractivity contribution in [1.29, 1.82) is 0 Å². The van der Waals surface area contributed by atoms with Crippen molar-refractivity contribution in [1.82, 2.24) is 0 Å². The first kappa shape index (κ1) is 20.4. The Bertz CT molecular complexity index is 441. The van der Waals surface area contributed by atoms with Crippen molar-refractivity contribution in [3.8, 4) is 0 Å². The first-order valence-corrected chi connectivity index (χ1v) is 8.52. The molecule has 5 heteroatoms. The SMILES string of the molecule is CCCCCCCCCOS(=O)(=O)c1ccccc1.[Ca+2].[H-].[H-]. The summed E-state index contributed by atoms with van der Waals surface area (Å²) in [4.78, 5) is 0.234. The maximum absolute atomic E-state index is 11.8. The predicted octanol–water partition coefficient (Wildman–Crippen LogP) is 3.99. The van der Waals surface area contributed by atoms with Gasteiger partial charge in [-0.2, -0.15) is 8.42 Å². The molecule has 0 N–H and O–H groups in total. The van der Waals surface area contributed by atoms with E-state index in [9.17, 15) is 8.42 Å². The number of benzene rings is 1. The predicted molar refractivity (Wildman–Crippen MR) is 85.6 cm³/mol. The van der Waals surface area contributed by atoms with E-state index in [2.05, 4.69) is 6.92 Å². The van der Waals surface area contributed by atoms with Crippen LogP contribution in [-0.4, -0.2) is 52.8 Å². The van der Waals surface area contributed by atoms with E-state index in [4.69, 9.17) is 4.18 Å². The summed E-state index contributed by atoms with van der Waals surface area (Å²) < 4.78 is 28.6. The molecule has 0 amide bonds. The van der Waals surface area contributed by atoms with E-state index in [1.165, 1.54) is 25.7 Å². The Kier molecular flexibility index (Phi) is 12.2. The van der Waals surface area contributed by atoms with Gasteiger partial charge in [-0.1, -0.05) is 63.6 Å². The van der Waals surface area contributed by atoms with Crippen LogP contribution in [0.4, 0.5) is 0 Å². The van der Waals surface area contributed by atoms with Crippen LogP contribution < -0.4 is 0 Å². The van der Waals surface area contributed by atoms with Crippen molar-refractivity contribution < 1.29 is 15.5 Å². The molecule has 0 aliphatic carbocycles. The molecule has 0 unspecified atom stereocenters. The molecule has 0 atom stereocenters. The second-order valence-corrected chi connectivity index (χ2v) is 6.33. The Morgan fingerprint density at radius 1 is 0.950 bits per heavy atom. The number of hydrogen-bond acceptors (Lipinski definition) is 3. The van der Waals surface area contributed by atoms with Gasteiger partial charge >= 0.3 is 37.7 Å². The Labute approximate surface area is 156 Å². The first-order valence-electron chi connectivity index (χ1n) is 7.11. The van der Waals surface area contributed by atoms with Crippen LogP contribution in [0.5, 0.6) is 0 Å². The summed E-state index contributed by atoms with van der Waals surface area (Å²) >= 11 is 0. The molecule has 1 aromatic carbocycles. The Hall–Kier alpha value is 0.390. The summed E-state index contributed by atoms with van der Waals surface area (Å²) in [7, 11) is -3.56. The van der Waals surface area contributed by atoms with E-state index in [0.717, 1.165) is 19.3 Å². The molecule has 20 heavy (non-hydrogen) atoms. The zero-order valence-corrected chi connectivity index (χ0v) is 15.4. The van der Waals surface area contributed by atoms with Gasteiger partial charge in [-0.3, -0.25) is 4.18 Å². The Balaban J connectivity index is -0.00000120. The van der Waals surface area contributed by atoms with Crippen molar-refractivity contribution >= 4 is 47.9 Å². The monoisotopic (exact) mass is 326 g/mol. The molecule has 112 valence electrons.